The lowest BCUT2D eigenvalue weighted by Crippen LogP contribution is -2.08. The molecule has 0 unspecified atom stereocenters. The molecule has 192 valence electrons. The van der Waals surface area contributed by atoms with Crippen LogP contribution >= 0.6 is 27.5 Å². The highest BCUT2D eigenvalue weighted by Crippen LogP contribution is 2.36. The van der Waals surface area contributed by atoms with E-state index in [2.05, 4.69) is 36.2 Å². The van der Waals surface area contributed by atoms with Gasteiger partial charge in [-0.05, 0) is 69.7 Å². The zero-order valence-corrected chi connectivity index (χ0v) is 22.3. The predicted octanol–water partition coefficient (Wildman–Crippen LogP) is 5.68. The number of aromatic nitrogens is 6. The number of pyridine rings is 1. The fourth-order valence-electron chi connectivity index (χ4n) is 4.15. The van der Waals surface area contributed by atoms with Gasteiger partial charge in [-0.1, -0.05) is 11.6 Å². The molecule has 1 aliphatic carbocycles. The topological polar surface area (TPSA) is 114 Å². The highest BCUT2D eigenvalue weighted by Gasteiger charge is 2.26. The van der Waals surface area contributed by atoms with Crippen molar-refractivity contribution in [3.63, 3.8) is 0 Å². The zero-order valence-electron chi connectivity index (χ0n) is 19.9. The second-order valence-electron chi connectivity index (χ2n) is 9.00. The van der Waals surface area contributed by atoms with E-state index in [1.54, 1.807) is 20.0 Å². The number of nitro groups is 1. The Kier molecular flexibility index (Phi) is 6.95. The number of nitrogens with zero attached hydrogens (tertiary/aromatic N) is 7. The summed E-state index contributed by atoms with van der Waals surface area (Å²) in [6.45, 7) is 2.51. The maximum Gasteiger partial charge on any atom is 0.406 e. The van der Waals surface area contributed by atoms with Crippen molar-refractivity contribution >= 4 is 33.3 Å². The van der Waals surface area contributed by atoms with Gasteiger partial charge >= 0.3 is 5.82 Å². The number of halogens is 3. The minimum absolute atomic E-state index is 0.0451. The van der Waals surface area contributed by atoms with E-state index in [9.17, 15) is 14.5 Å². The van der Waals surface area contributed by atoms with E-state index in [4.69, 9.17) is 16.3 Å². The molecule has 0 spiro atoms. The lowest BCUT2D eigenvalue weighted by Gasteiger charge is -2.18. The fraction of sp³-hybridized carbons (Fsp3) is 0.333. The van der Waals surface area contributed by atoms with E-state index in [1.807, 2.05) is 10.9 Å². The molecule has 0 radical (unpaired) electrons. The van der Waals surface area contributed by atoms with Crippen molar-refractivity contribution in [2.45, 2.75) is 38.8 Å². The summed E-state index contributed by atoms with van der Waals surface area (Å²) in [6, 6.07) is 5.71. The predicted molar refractivity (Wildman–Crippen MR) is 137 cm³/mol. The second kappa shape index (κ2) is 10.2. The van der Waals surface area contributed by atoms with Crippen LogP contribution in [0.4, 0.5) is 10.2 Å². The summed E-state index contributed by atoms with van der Waals surface area (Å²) >= 11 is 9.69. The van der Waals surface area contributed by atoms with Gasteiger partial charge in [0.25, 0.3) is 0 Å². The van der Waals surface area contributed by atoms with Gasteiger partial charge in [-0.2, -0.15) is 20.1 Å². The first-order valence-corrected chi connectivity index (χ1v) is 12.7. The molecule has 3 aromatic heterocycles. The third-order valence-electron chi connectivity index (χ3n) is 6.05. The highest BCUT2D eigenvalue weighted by molar-refractivity contribution is 9.10. The third-order valence-corrected chi connectivity index (χ3v) is 6.80. The van der Waals surface area contributed by atoms with Gasteiger partial charge in [0.15, 0.2) is 11.3 Å². The quantitative estimate of drug-likeness (QED) is 0.182. The number of rotatable bonds is 9. The van der Waals surface area contributed by atoms with Gasteiger partial charge in [-0.3, -0.25) is 4.68 Å². The van der Waals surface area contributed by atoms with Crippen LogP contribution in [0, 0.1) is 21.8 Å². The van der Waals surface area contributed by atoms with E-state index >= 15 is 0 Å². The van der Waals surface area contributed by atoms with E-state index in [0.29, 0.717) is 44.5 Å². The average Bonchev–Trinajstić information content (AvgIpc) is 3.48. The Hall–Kier alpha value is -3.38. The zero-order chi connectivity index (χ0) is 26.3. The number of aryl methyl sites for hydroxylation is 1. The fourth-order valence-corrected chi connectivity index (χ4v) is 4.67. The molecule has 5 rings (SSSR count). The van der Waals surface area contributed by atoms with Crippen LogP contribution in [-0.2, 0) is 20.0 Å². The van der Waals surface area contributed by atoms with Crippen molar-refractivity contribution in [2.75, 3.05) is 0 Å². The van der Waals surface area contributed by atoms with Crippen LogP contribution in [0.3, 0.4) is 0 Å². The van der Waals surface area contributed by atoms with Crippen molar-refractivity contribution in [1.29, 1.82) is 0 Å². The minimum atomic E-state index is -0.778. The van der Waals surface area contributed by atoms with E-state index < -0.39 is 22.7 Å². The summed E-state index contributed by atoms with van der Waals surface area (Å²) in [4.78, 5) is 16.1. The van der Waals surface area contributed by atoms with Gasteiger partial charge in [0.1, 0.15) is 17.6 Å². The van der Waals surface area contributed by atoms with Crippen molar-refractivity contribution in [2.24, 2.45) is 13.0 Å². The maximum atomic E-state index is 14.4. The molecular formula is C24H22BrClFN7O3. The maximum absolute atomic E-state index is 14.4. The molecule has 0 N–H and O–H groups in total. The van der Waals surface area contributed by atoms with Crippen LogP contribution < -0.4 is 4.74 Å². The molecule has 1 aliphatic rings. The second-order valence-corrected chi connectivity index (χ2v) is 10.3. The lowest BCUT2D eigenvalue weighted by molar-refractivity contribution is -0.390. The molecule has 1 atom stereocenters. The van der Waals surface area contributed by atoms with Gasteiger partial charge < -0.3 is 14.9 Å². The molecule has 1 saturated carbocycles. The molecule has 0 aliphatic heterocycles. The van der Waals surface area contributed by atoms with Gasteiger partial charge in [0.05, 0.1) is 10.2 Å². The van der Waals surface area contributed by atoms with Crippen LogP contribution in [0.5, 0.6) is 5.75 Å². The first kappa shape index (κ1) is 25.3. The Morgan fingerprint density at radius 1 is 1.30 bits per heavy atom. The molecule has 0 saturated heterocycles. The minimum Gasteiger partial charge on any atom is -0.478 e. The first-order chi connectivity index (χ1) is 17.7. The summed E-state index contributed by atoms with van der Waals surface area (Å²) in [5.74, 6) is -0.316. The molecule has 1 aromatic carbocycles. The molecule has 0 bridgehead atoms. The van der Waals surface area contributed by atoms with Gasteiger partial charge in [0.2, 0.25) is 5.75 Å². The standard InChI is InChI=1S/C24H22BrClFN7O3/c1-13(37-21-8-16(25)10-28-24(21)34(35)36)19-9-17(27)5-6-18(19)22-20(29-32(2)30-22)7-15-12-33(31-23(15)26)11-14-3-4-14/h5-6,8-10,12-14H,3-4,7,11H2,1-2H3/t13-/m1/s1. The van der Waals surface area contributed by atoms with E-state index in [1.165, 1.54) is 42.0 Å². The summed E-state index contributed by atoms with van der Waals surface area (Å²) in [7, 11) is 1.70. The van der Waals surface area contributed by atoms with Crippen LogP contribution in [0.25, 0.3) is 11.3 Å². The van der Waals surface area contributed by atoms with E-state index in [0.717, 1.165) is 12.1 Å². The lowest BCUT2D eigenvalue weighted by atomic mass is 9.97. The SMILES string of the molecule is C[C@@H](Oc1cc(Br)cnc1[N+](=O)[O-])c1cc(F)ccc1-c1nn(C)nc1Cc1cn(CC2CC2)nc1Cl. The summed E-state index contributed by atoms with van der Waals surface area (Å²) in [6.07, 6.45) is 5.24. The number of hydrogen-bond acceptors (Lipinski definition) is 7. The van der Waals surface area contributed by atoms with Crippen molar-refractivity contribution < 1.29 is 14.1 Å². The molecule has 10 nitrogen and oxygen atoms in total. The summed E-state index contributed by atoms with van der Waals surface area (Å²) in [5.41, 5.74) is 3.01. The van der Waals surface area contributed by atoms with Crippen LogP contribution in [0.2, 0.25) is 5.15 Å². The molecule has 37 heavy (non-hydrogen) atoms. The normalized spacial score (nSPS) is 14.1. The van der Waals surface area contributed by atoms with Crippen molar-refractivity contribution in [1.82, 2.24) is 29.8 Å². The smallest absolute Gasteiger partial charge is 0.406 e. The monoisotopic (exact) mass is 589 g/mol. The average molecular weight is 591 g/mol. The summed E-state index contributed by atoms with van der Waals surface area (Å²) in [5, 5.41) is 25.4. The van der Waals surface area contributed by atoms with E-state index in [-0.39, 0.29) is 5.75 Å². The Morgan fingerprint density at radius 2 is 2.08 bits per heavy atom. The molecule has 13 heteroatoms. The van der Waals surface area contributed by atoms with Crippen LogP contribution in [-0.4, -0.2) is 34.7 Å². The number of hydrogen-bond donors (Lipinski definition) is 0. The Balaban J connectivity index is 1.49. The largest absolute Gasteiger partial charge is 0.478 e. The number of benzene rings is 1. The van der Waals surface area contributed by atoms with Crippen molar-refractivity contribution in [3.8, 4) is 17.0 Å². The Morgan fingerprint density at radius 3 is 2.81 bits per heavy atom. The van der Waals surface area contributed by atoms with Gasteiger partial charge in [-0.15, -0.1) is 0 Å². The molecule has 3 heterocycles. The van der Waals surface area contributed by atoms with Gasteiger partial charge in [-0.25, -0.2) is 4.39 Å². The number of ether oxygens (including phenoxy) is 1. The Bertz CT molecular complexity index is 1490. The van der Waals surface area contributed by atoms with Crippen LogP contribution in [0.1, 0.15) is 42.7 Å². The first-order valence-electron chi connectivity index (χ1n) is 11.6. The molecular weight excluding hydrogens is 569 g/mol. The summed E-state index contributed by atoms with van der Waals surface area (Å²) < 4.78 is 22.7. The van der Waals surface area contributed by atoms with Crippen molar-refractivity contribution in [3.05, 3.63) is 79.0 Å². The molecule has 4 aromatic rings. The molecule has 0 amide bonds. The highest BCUT2D eigenvalue weighted by atomic mass is 79.9. The molecule has 1 fully saturated rings. The van der Waals surface area contributed by atoms with Gasteiger partial charge in [0, 0.05) is 49.0 Å². The van der Waals surface area contributed by atoms with Crippen LogP contribution in [0.15, 0.2) is 41.1 Å². The Labute approximate surface area is 224 Å². The third kappa shape index (κ3) is 5.64.